The Bertz CT molecular complexity index is 813. The number of carbonyl (C=O) groups is 3. The number of Topliss-reactive ketones (excluding diaryl/α,β-unsaturated/α-hetero) is 1. The summed E-state index contributed by atoms with van der Waals surface area (Å²) in [6.45, 7) is 9.10. The Hall–Kier alpha value is -2.50. The zero-order valence-electron chi connectivity index (χ0n) is 18.6. The van der Waals surface area contributed by atoms with Gasteiger partial charge in [-0.3, -0.25) is 14.4 Å². The highest BCUT2D eigenvalue weighted by Gasteiger charge is 2.40. The summed E-state index contributed by atoms with van der Waals surface area (Å²) >= 11 is 0. The minimum Gasteiger partial charge on any atom is -0.378 e. The Balaban J connectivity index is 2.12. The number of ether oxygens (including phenoxy) is 1. The number of ketones is 1. The van der Waals surface area contributed by atoms with Crippen LogP contribution in [0.3, 0.4) is 0 Å². The minimum atomic E-state index is -4.88. The molecule has 0 aliphatic carbocycles. The van der Waals surface area contributed by atoms with Gasteiger partial charge in [0.05, 0.1) is 19.3 Å². The van der Waals surface area contributed by atoms with Crippen LogP contribution in [0.5, 0.6) is 0 Å². The molecule has 1 aromatic rings. The van der Waals surface area contributed by atoms with Crippen LogP contribution in [0.15, 0.2) is 4.52 Å². The van der Waals surface area contributed by atoms with Crippen molar-refractivity contribution in [3.63, 3.8) is 0 Å². The van der Waals surface area contributed by atoms with E-state index in [1.165, 1.54) is 0 Å². The number of amides is 2. The summed E-state index contributed by atoms with van der Waals surface area (Å²) in [5, 5.41) is 5.65. The van der Waals surface area contributed by atoms with E-state index in [4.69, 9.17) is 4.74 Å². The van der Waals surface area contributed by atoms with Gasteiger partial charge in [-0.15, -0.1) is 0 Å². The van der Waals surface area contributed by atoms with E-state index < -0.39 is 41.5 Å². The molecule has 180 valence electrons. The van der Waals surface area contributed by atoms with E-state index >= 15 is 0 Å². The average molecular weight is 462 g/mol. The van der Waals surface area contributed by atoms with E-state index in [1.54, 1.807) is 11.8 Å². The largest absolute Gasteiger partial charge is 0.471 e. The van der Waals surface area contributed by atoms with Crippen molar-refractivity contribution < 1.29 is 36.8 Å². The molecule has 0 saturated carbocycles. The van der Waals surface area contributed by atoms with Crippen molar-refractivity contribution in [3.8, 4) is 0 Å². The molecule has 0 spiro atoms. The van der Waals surface area contributed by atoms with Crippen LogP contribution in [0.1, 0.15) is 63.5 Å². The minimum absolute atomic E-state index is 0.0475. The first kappa shape index (κ1) is 25.8. The summed E-state index contributed by atoms with van der Waals surface area (Å²) in [5.41, 5.74) is -0.283. The standard InChI is InChI=1S/C20H29F3N4O5/c1-5-13(15(29)16-25-18(32-26-16)20(21,22)23)24-17(30)12(11-19(2,3)4)10-14(28)27-6-8-31-9-7-27/h12-13H,5-11H2,1-4H3,(H,24,30)/t12-,13-/m0/s1. The number of aromatic nitrogens is 2. The number of alkyl halides is 3. The Kier molecular flexibility index (Phi) is 8.38. The molecule has 2 atom stereocenters. The van der Waals surface area contributed by atoms with Crippen LogP contribution in [-0.2, 0) is 20.5 Å². The summed E-state index contributed by atoms with van der Waals surface area (Å²) in [7, 11) is 0. The lowest BCUT2D eigenvalue weighted by molar-refractivity contribution is -0.159. The lowest BCUT2D eigenvalue weighted by Gasteiger charge is -2.30. The Morgan fingerprint density at radius 2 is 1.78 bits per heavy atom. The monoisotopic (exact) mass is 462 g/mol. The number of hydrogen-bond donors (Lipinski definition) is 1. The van der Waals surface area contributed by atoms with Crippen LogP contribution < -0.4 is 5.32 Å². The van der Waals surface area contributed by atoms with Crippen LogP contribution in [0.4, 0.5) is 13.2 Å². The topological polar surface area (TPSA) is 115 Å². The number of halogens is 3. The zero-order valence-corrected chi connectivity index (χ0v) is 18.6. The maximum atomic E-state index is 13.0. The number of carbonyl (C=O) groups excluding carboxylic acids is 3. The molecule has 0 radical (unpaired) electrons. The third kappa shape index (κ3) is 7.28. The van der Waals surface area contributed by atoms with Crippen LogP contribution in [0.2, 0.25) is 0 Å². The molecule has 1 N–H and O–H groups in total. The first-order valence-corrected chi connectivity index (χ1v) is 10.4. The van der Waals surface area contributed by atoms with Crippen molar-refractivity contribution in [3.05, 3.63) is 11.7 Å². The summed E-state index contributed by atoms with van der Waals surface area (Å²) in [6.07, 6.45) is -4.46. The molecule has 9 nitrogen and oxygen atoms in total. The van der Waals surface area contributed by atoms with Gasteiger partial charge in [-0.25, -0.2) is 0 Å². The van der Waals surface area contributed by atoms with E-state index in [0.29, 0.717) is 32.7 Å². The first-order valence-electron chi connectivity index (χ1n) is 10.4. The zero-order chi connectivity index (χ0) is 24.1. The van der Waals surface area contributed by atoms with Crippen LogP contribution in [-0.4, -0.2) is 65.0 Å². The number of hydrogen-bond acceptors (Lipinski definition) is 7. The molecule has 0 aromatic carbocycles. The molecular formula is C20H29F3N4O5. The maximum Gasteiger partial charge on any atom is 0.471 e. The van der Waals surface area contributed by atoms with Crippen molar-refractivity contribution in [1.29, 1.82) is 0 Å². The summed E-state index contributed by atoms with van der Waals surface area (Å²) in [6, 6.07) is -1.15. The Morgan fingerprint density at radius 3 is 2.28 bits per heavy atom. The highest BCUT2D eigenvalue weighted by atomic mass is 19.4. The second-order valence-corrected chi connectivity index (χ2v) is 8.91. The van der Waals surface area contributed by atoms with Crippen LogP contribution in [0.25, 0.3) is 0 Å². The first-order chi connectivity index (χ1) is 14.8. The molecule has 0 bridgehead atoms. The lowest BCUT2D eigenvalue weighted by atomic mass is 9.82. The quantitative estimate of drug-likeness (QED) is 0.590. The van der Waals surface area contributed by atoms with Gasteiger partial charge in [-0.1, -0.05) is 32.9 Å². The SMILES string of the molecule is CC[C@H](NC(=O)[C@@H](CC(=O)N1CCOCC1)CC(C)(C)C)C(=O)c1noc(C(F)(F)F)n1. The smallest absolute Gasteiger partial charge is 0.378 e. The second-order valence-electron chi connectivity index (χ2n) is 8.91. The molecule has 12 heteroatoms. The third-order valence-electron chi connectivity index (χ3n) is 4.94. The molecule has 1 aromatic heterocycles. The van der Waals surface area contributed by atoms with Gasteiger partial charge in [0.15, 0.2) is 0 Å². The number of rotatable bonds is 8. The number of morpholine rings is 1. The fourth-order valence-corrected chi connectivity index (χ4v) is 3.39. The summed E-state index contributed by atoms with van der Waals surface area (Å²) in [4.78, 5) is 43.0. The summed E-state index contributed by atoms with van der Waals surface area (Å²) in [5.74, 6) is -4.73. The second kappa shape index (κ2) is 10.4. The lowest BCUT2D eigenvalue weighted by Crippen LogP contribution is -2.47. The molecule has 2 amide bonds. The van der Waals surface area contributed by atoms with Crippen LogP contribution in [0, 0.1) is 11.3 Å². The van der Waals surface area contributed by atoms with Crippen molar-refractivity contribution in [2.75, 3.05) is 26.3 Å². The van der Waals surface area contributed by atoms with Crippen molar-refractivity contribution >= 4 is 17.6 Å². The van der Waals surface area contributed by atoms with Gasteiger partial charge in [-0.2, -0.15) is 18.2 Å². The highest BCUT2D eigenvalue weighted by Crippen LogP contribution is 2.29. The average Bonchev–Trinajstić information content (AvgIpc) is 3.21. The van der Waals surface area contributed by atoms with Gasteiger partial charge in [0.25, 0.3) is 0 Å². The molecule has 1 aliphatic rings. The van der Waals surface area contributed by atoms with Crippen molar-refractivity contribution in [1.82, 2.24) is 20.4 Å². The van der Waals surface area contributed by atoms with Gasteiger partial charge in [0.2, 0.25) is 23.4 Å². The predicted molar refractivity (Wildman–Crippen MR) is 105 cm³/mol. The van der Waals surface area contributed by atoms with Gasteiger partial charge in [0.1, 0.15) is 0 Å². The highest BCUT2D eigenvalue weighted by molar-refractivity contribution is 5.99. The van der Waals surface area contributed by atoms with E-state index in [9.17, 15) is 27.6 Å². The molecule has 1 aliphatic heterocycles. The van der Waals surface area contributed by atoms with E-state index in [2.05, 4.69) is 20.0 Å². The predicted octanol–water partition coefficient (Wildman–Crippen LogP) is 2.47. The summed E-state index contributed by atoms with van der Waals surface area (Å²) < 4.78 is 47.4. The fourth-order valence-electron chi connectivity index (χ4n) is 3.39. The van der Waals surface area contributed by atoms with Crippen molar-refractivity contribution in [2.45, 2.75) is 59.2 Å². The number of nitrogens with zero attached hydrogens (tertiary/aromatic N) is 3. The Labute approximate surface area is 184 Å². The van der Waals surface area contributed by atoms with Crippen molar-refractivity contribution in [2.24, 2.45) is 11.3 Å². The third-order valence-corrected chi connectivity index (χ3v) is 4.94. The molecular weight excluding hydrogens is 433 g/mol. The molecule has 0 unspecified atom stereocenters. The Morgan fingerprint density at radius 1 is 1.16 bits per heavy atom. The number of nitrogens with one attached hydrogen (secondary N) is 1. The van der Waals surface area contributed by atoms with Gasteiger partial charge < -0.3 is 19.5 Å². The molecule has 1 saturated heterocycles. The molecule has 2 rings (SSSR count). The maximum absolute atomic E-state index is 13.0. The molecule has 1 fully saturated rings. The van der Waals surface area contributed by atoms with E-state index in [-0.39, 0.29) is 24.2 Å². The van der Waals surface area contributed by atoms with E-state index in [1.807, 2.05) is 20.8 Å². The van der Waals surface area contributed by atoms with Gasteiger partial charge in [0, 0.05) is 25.4 Å². The van der Waals surface area contributed by atoms with E-state index in [0.717, 1.165) is 0 Å². The van der Waals surface area contributed by atoms with Gasteiger partial charge in [-0.05, 0) is 18.3 Å². The van der Waals surface area contributed by atoms with Gasteiger partial charge >= 0.3 is 12.1 Å². The molecule has 2 heterocycles. The normalized spacial score (nSPS) is 17.0. The fraction of sp³-hybridized carbons (Fsp3) is 0.750. The molecule has 32 heavy (non-hydrogen) atoms. The van der Waals surface area contributed by atoms with Crippen LogP contribution >= 0.6 is 0 Å².